The van der Waals surface area contributed by atoms with Gasteiger partial charge >= 0.3 is 0 Å². The number of benzene rings is 2. The maximum Gasteiger partial charge on any atom is 0.290 e. The number of hydrogen-bond acceptors (Lipinski definition) is 5. The summed E-state index contributed by atoms with van der Waals surface area (Å²) >= 11 is 1.78. The number of thioether (sulfide) groups is 1. The van der Waals surface area contributed by atoms with Crippen molar-refractivity contribution in [1.29, 1.82) is 0 Å². The number of ether oxygens (including phenoxy) is 1. The van der Waals surface area contributed by atoms with Gasteiger partial charge in [0.15, 0.2) is 0 Å². The summed E-state index contributed by atoms with van der Waals surface area (Å²) in [6.45, 7) is 15.4. The second-order valence-corrected chi connectivity index (χ2v) is 8.30. The van der Waals surface area contributed by atoms with E-state index < -0.39 is 0 Å². The molecular formula is C28H43FN2O3S. The zero-order valence-electron chi connectivity index (χ0n) is 22.4. The highest BCUT2D eigenvalue weighted by Crippen LogP contribution is 2.24. The van der Waals surface area contributed by atoms with Crippen LogP contribution in [0.3, 0.4) is 0 Å². The molecule has 0 saturated carbocycles. The number of aliphatic imine (C=N–C) groups is 1. The smallest absolute Gasteiger partial charge is 0.290 e. The van der Waals surface area contributed by atoms with Crippen molar-refractivity contribution in [3.05, 3.63) is 58.9 Å². The summed E-state index contributed by atoms with van der Waals surface area (Å²) in [4.78, 5) is 13.2. The van der Waals surface area contributed by atoms with Gasteiger partial charge in [-0.2, -0.15) is 0 Å². The Morgan fingerprint density at radius 3 is 2.46 bits per heavy atom. The summed E-state index contributed by atoms with van der Waals surface area (Å²) in [5, 5.41) is 11.3. The fraction of sp³-hybridized carbons (Fsp3) is 0.500. The van der Waals surface area contributed by atoms with Crippen LogP contribution in [-0.2, 0) is 17.6 Å². The van der Waals surface area contributed by atoms with E-state index >= 15 is 0 Å². The Hall–Kier alpha value is -2.54. The van der Waals surface area contributed by atoms with Crippen molar-refractivity contribution in [3.63, 3.8) is 0 Å². The number of nitrogens with zero attached hydrogens (tertiary/aromatic N) is 1. The zero-order chi connectivity index (χ0) is 26.6. The van der Waals surface area contributed by atoms with Gasteiger partial charge in [0.25, 0.3) is 6.47 Å². The van der Waals surface area contributed by atoms with Crippen LogP contribution in [-0.4, -0.2) is 41.6 Å². The first-order chi connectivity index (χ1) is 17.0. The third-order valence-electron chi connectivity index (χ3n) is 5.03. The van der Waals surface area contributed by atoms with Crippen LogP contribution in [0.15, 0.2) is 41.4 Å². The molecule has 5 nitrogen and oxygen atoms in total. The lowest BCUT2D eigenvalue weighted by molar-refractivity contribution is -0.122. The zero-order valence-corrected chi connectivity index (χ0v) is 23.2. The van der Waals surface area contributed by atoms with Crippen LogP contribution in [0.4, 0.5) is 10.1 Å². The molecule has 35 heavy (non-hydrogen) atoms. The van der Waals surface area contributed by atoms with Crippen molar-refractivity contribution in [1.82, 2.24) is 0 Å². The molecule has 0 spiro atoms. The summed E-state index contributed by atoms with van der Waals surface area (Å²) < 4.78 is 19.5. The largest absolute Gasteiger partial charge is 0.486 e. The lowest BCUT2D eigenvalue weighted by Crippen LogP contribution is -2.13. The van der Waals surface area contributed by atoms with Crippen LogP contribution in [0.1, 0.15) is 64.7 Å². The Labute approximate surface area is 215 Å². The minimum absolute atomic E-state index is 0.198. The van der Waals surface area contributed by atoms with E-state index in [1.54, 1.807) is 17.8 Å². The normalized spacial score (nSPS) is 13.6. The van der Waals surface area contributed by atoms with E-state index in [1.807, 2.05) is 33.8 Å². The second-order valence-electron chi connectivity index (χ2n) is 7.21. The number of anilines is 1. The van der Waals surface area contributed by atoms with Crippen molar-refractivity contribution in [2.75, 3.05) is 24.2 Å². The van der Waals surface area contributed by atoms with Crippen LogP contribution in [0.25, 0.3) is 0 Å². The molecule has 196 valence electrons. The monoisotopic (exact) mass is 506 g/mol. The van der Waals surface area contributed by atoms with Crippen molar-refractivity contribution < 1.29 is 19.0 Å². The predicted molar refractivity (Wildman–Crippen MR) is 150 cm³/mol. The van der Waals surface area contributed by atoms with Crippen molar-refractivity contribution in [2.45, 2.75) is 73.8 Å². The fourth-order valence-electron chi connectivity index (χ4n) is 3.25. The average molecular weight is 507 g/mol. The van der Waals surface area contributed by atoms with E-state index in [0.29, 0.717) is 6.61 Å². The van der Waals surface area contributed by atoms with Gasteiger partial charge in [0, 0.05) is 18.0 Å². The molecule has 2 aromatic carbocycles. The van der Waals surface area contributed by atoms with Crippen LogP contribution >= 0.6 is 11.8 Å². The van der Waals surface area contributed by atoms with Gasteiger partial charge < -0.3 is 15.2 Å². The van der Waals surface area contributed by atoms with Crippen LogP contribution in [0.2, 0.25) is 0 Å². The van der Waals surface area contributed by atoms with Gasteiger partial charge in [0.05, 0.1) is 6.04 Å². The fourth-order valence-corrected chi connectivity index (χ4v) is 4.24. The summed E-state index contributed by atoms with van der Waals surface area (Å²) in [6.07, 6.45) is 2.83. The van der Waals surface area contributed by atoms with Crippen LogP contribution in [0.5, 0.6) is 5.75 Å². The number of carboxylic acid groups (broad SMARTS) is 1. The summed E-state index contributed by atoms with van der Waals surface area (Å²) in [5.41, 5.74) is 4.48. The molecule has 0 saturated heterocycles. The standard InChI is InChI=1S/C23H29FN2OS.2C2H6.CH2O2/c1-4-17-7-6-16(3)22(12-17)27-14-23-26-20(15-28-23)10-11-25-21-13-19(24)9-8-18(21)5-2;2*1-2;2-1-3/h6-9,12-13,20,25H,4-5,10-11,14-15H2,1-3H3;2*1-2H3;1H,(H,2,3). The molecule has 3 rings (SSSR count). The van der Waals surface area contributed by atoms with Gasteiger partial charge in [0.2, 0.25) is 0 Å². The highest BCUT2D eigenvalue weighted by atomic mass is 32.2. The van der Waals surface area contributed by atoms with E-state index in [4.69, 9.17) is 19.6 Å². The number of rotatable bonds is 9. The van der Waals surface area contributed by atoms with Gasteiger partial charge in [0.1, 0.15) is 23.2 Å². The third kappa shape index (κ3) is 12.1. The molecule has 1 aliphatic rings. The van der Waals surface area contributed by atoms with E-state index in [1.165, 1.54) is 11.6 Å². The molecule has 0 bridgehead atoms. The van der Waals surface area contributed by atoms with Gasteiger partial charge in [-0.25, -0.2) is 4.39 Å². The summed E-state index contributed by atoms with van der Waals surface area (Å²) in [6, 6.07) is 11.6. The van der Waals surface area contributed by atoms with Crippen molar-refractivity contribution in [3.8, 4) is 5.75 Å². The van der Waals surface area contributed by atoms with Crippen molar-refractivity contribution in [2.24, 2.45) is 4.99 Å². The summed E-state index contributed by atoms with van der Waals surface area (Å²) in [7, 11) is 0. The number of nitrogens with one attached hydrogen (secondary N) is 1. The van der Waals surface area contributed by atoms with E-state index in [-0.39, 0.29) is 18.3 Å². The minimum Gasteiger partial charge on any atom is -0.486 e. The number of aryl methyl sites for hydroxylation is 3. The molecule has 0 amide bonds. The average Bonchev–Trinajstić information content (AvgIpc) is 3.34. The topological polar surface area (TPSA) is 70.9 Å². The summed E-state index contributed by atoms with van der Waals surface area (Å²) in [5.74, 6) is 1.74. The molecule has 2 N–H and O–H groups in total. The minimum atomic E-state index is -0.250. The molecule has 1 heterocycles. The maximum atomic E-state index is 13.5. The molecule has 1 unspecified atom stereocenters. The lowest BCUT2D eigenvalue weighted by Gasteiger charge is -2.12. The van der Waals surface area contributed by atoms with Crippen LogP contribution < -0.4 is 10.1 Å². The highest BCUT2D eigenvalue weighted by Gasteiger charge is 2.18. The van der Waals surface area contributed by atoms with Gasteiger partial charge in [-0.05, 0) is 61.1 Å². The second kappa shape index (κ2) is 19.7. The number of carbonyl (C=O) groups is 1. The molecule has 0 fully saturated rings. The van der Waals surface area contributed by atoms with E-state index in [9.17, 15) is 4.39 Å². The maximum absolute atomic E-state index is 13.5. The van der Waals surface area contributed by atoms with Gasteiger partial charge in [-0.1, -0.05) is 59.7 Å². The van der Waals surface area contributed by atoms with Gasteiger partial charge in [-0.15, -0.1) is 11.8 Å². The lowest BCUT2D eigenvalue weighted by atomic mass is 10.1. The first kappa shape index (κ1) is 32.5. The molecule has 0 aliphatic carbocycles. The number of hydrogen-bond donors (Lipinski definition) is 2. The quantitative estimate of drug-likeness (QED) is 0.347. The predicted octanol–water partition coefficient (Wildman–Crippen LogP) is 7.41. The molecule has 1 atom stereocenters. The molecular weight excluding hydrogens is 463 g/mol. The molecule has 1 aliphatic heterocycles. The van der Waals surface area contributed by atoms with Crippen LogP contribution in [0, 0.1) is 12.7 Å². The Morgan fingerprint density at radius 1 is 1.14 bits per heavy atom. The Kier molecular flexibility index (Phi) is 18.3. The van der Waals surface area contributed by atoms with E-state index in [2.05, 4.69) is 44.3 Å². The molecule has 7 heteroatoms. The SMILES string of the molecule is CC.CC.CCc1ccc(C)c(OCC2=NC(CCNc3cc(F)ccc3CC)CS2)c1.O=CO. The molecule has 0 aromatic heterocycles. The Morgan fingerprint density at radius 2 is 1.83 bits per heavy atom. The molecule has 0 radical (unpaired) electrons. The Balaban J connectivity index is 0.00000150. The van der Waals surface area contributed by atoms with Gasteiger partial charge in [-0.3, -0.25) is 9.79 Å². The first-order valence-corrected chi connectivity index (χ1v) is 13.5. The van der Waals surface area contributed by atoms with Crippen molar-refractivity contribution >= 4 is 29.0 Å². The third-order valence-corrected chi connectivity index (χ3v) is 6.13. The van der Waals surface area contributed by atoms with E-state index in [0.717, 1.165) is 59.2 Å². The molecule has 2 aromatic rings. The highest BCUT2D eigenvalue weighted by molar-refractivity contribution is 8.14. The first-order valence-electron chi connectivity index (χ1n) is 12.5. The Bertz CT molecular complexity index is 891. The number of halogens is 1.